The van der Waals surface area contributed by atoms with Crippen molar-refractivity contribution < 1.29 is 19.8 Å². The van der Waals surface area contributed by atoms with Gasteiger partial charge in [-0.1, -0.05) is 71.6 Å². The lowest BCUT2D eigenvalue weighted by Crippen LogP contribution is -2.69. The predicted molar refractivity (Wildman–Crippen MR) is 133 cm³/mol. The number of ketones is 2. The molecule has 0 unspecified atom stereocenters. The van der Waals surface area contributed by atoms with Crippen molar-refractivity contribution in [3.05, 3.63) is 23.3 Å². The molecular formula is C30H44O4. The molecule has 188 valence electrons. The van der Waals surface area contributed by atoms with Crippen LogP contribution in [-0.4, -0.2) is 33.0 Å². The maximum Gasteiger partial charge on any atom is 0.187 e. The summed E-state index contributed by atoms with van der Waals surface area (Å²) in [5.74, 6) is -2.20. The second kappa shape index (κ2) is 6.73. The van der Waals surface area contributed by atoms with Crippen LogP contribution in [0.25, 0.3) is 0 Å². The summed E-state index contributed by atoms with van der Waals surface area (Å²) in [5.41, 5.74) is -1.28. The minimum atomic E-state index is -1.60. The third-order valence-corrected chi connectivity index (χ3v) is 12.3. The molecule has 6 aliphatic rings. The zero-order chi connectivity index (χ0) is 25.3. The molecule has 0 spiro atoms. The van der Waals surface area contributed by atoms with Gasteiger partial charge in [0.15, 0.2) is 11.6 Å². The third-order valence-electron chi connectivity index (χ3n) is 12.3. The van der Waals surface area contributed by atoms with Crippen LogP contribution in [0.5, 0.6) is 0 Å². The Hall–Kier alpha value is -1.26. The average molecular weight is 469 g/mol. The second-order valence-corrected chi connectivity index (χ2v) is 14.4. The summed E-state index contributed by atoms with van der Waals surface area (Å²) in [5, 5.41) is 23.2. The van der Waals surface area contributed by atoms with Crippen LogP contribution in [0.2, 0.25) is 0 Å². The number of fused-ring (bicyclic) bond motifs is 1. The van der Waals surface area contributed by atoms with E-state index in [1.165, 1.54) is 0 Å². The molecule has 4 nitrogen and oxygen atoms in total. The minimum absolute atomic E-state index is 0.00444. The zero-order valence-electron chi connectivity index (χ0n) is 22.4. The number of hydrogen-bond acceptors (Lipinski definition) is 4. The van der Waals surface area contributed by atoms with Crippen LogP contribution < -0.4 is 0 Å². The Morgan fingerprint density at radius 3 is 1.71 bits per heavy atom. The SMILES string of the molecule is CC1(C)CCC[C@]1(C)C1=C[C@H]2[C@@H]3[C@@H](C([C@@]4(C)CCCC4(C)C)=CC(=O)[C@]3(C)O)[C@@H]1C(=O)[C@]2(C)O. The smallest absolute Gasteiger partial charge is 0.187 e. The summed E-state index contributed by atoms with van der Waals surface area (Å²) in [7, 11) is 0. The van der Waals surface area contributed by atoms with E-state index in [9.17, 15) is 19.8 Å². The van der Waals surface area contributed by atoms with E-state index < -0.39 is 29.0 Å². The number of carbonyl (C=O) groups is 2. The van der Waals surface area contributed by atoms with E-state index in [-0.39, 0.29) is 39.1 Å². The van der Waals surface area contributed by atoms with E-state index in [0.717, 1.165) is 49.7 Å². The lowest BCUT2D eigenvalue weighted by atomic mass is 9.41. The van der Waals surface area contributed by atoms with Crippen molar-refractivity contribution in [2.24, 2.45) is 45.3 Å². The molecule has 2 bridgehead atoms. The summed E-state index contributed by atoms with van der Waals surface area (Å²) in [6, 6.07) is 0. The van der Waals surface area contributed by atoms with E-state index >= 15 is 0 Å². The quantitative estimate of drug-likeness (QED) is 0.531. The Balaban J connectivity index is 1.77. The predicted octanol–water partition coefficient (Wildman–Crippen LogP) is 5.42. The highest BCUT2D eigenvalue weighted by atomic mass is 16.3. The fraction of sp³-hybridized carbons (Fsp3) is 0.800. The van der Waals surface area contributed by atoms with Crippen LogP contribution in [0.3, 0.4) is 0 Å². The van der Waals surface area contributed by atoms with E-state index in [1.807, 2.05) is 0 Å². The normalized spacial score (nSPS) is 51.4. The largest absolute Gasteiger partial charge is 0.382 e. The molecule has 6 aliphatic carbocycles. The van der Waals surface area contributed by atoms with Gasteiger partial charge < -0.3 is 10.2 Å². The molecule has 3 fully saturated rings. The molecule has 0 heterocycles. The van der Waals surface area contributed by atoms with Crippen LogP contribution >= 0.6 is 0 Å². The van der Waals surface area contributed by atoms with Gasteiger partial charge in [-0.2, -0.15) is 0 Å². The fourth-order valence-corrected chi connectivity index (χ4v) is 9.06. The first-order chi connectivity index (χ1) is 15.4. The Bertz CT molecular complexity index is 1020. The van der Waals surface area contributed by atoms with Gasteiger partial charge in [0, 0.05) is 23.7 Å². The van der Waals surface area contributed by atoms with Crippen molar-refractivity contribution >= 4 is 11.6 Å². The first-order valence-electron chi connectivity index (χ1n) is 13.4. The number of aliphatic hydroxyl groups is 2. The highest BCUT2D eigenvalue weighted by molar-refractivity contribution is 6.02. The monoisotopic (exact) mass is 468 g/mol. The first kappa shape index (κ1) is 24.4. The van der Waals surface area contributed by atoms with Crippen molar-refractivity contribution in [1.82, 2.24) is 0 Å². The van der Waals surface area contributed by atoms with Gasteiger partial charge in [0.05, 0.1) is 0 Å². The van der Waals surface area contributed by atoms with E-state index in [2.05, 4.69) is 47.6 Å². The first-order valence-corrected chi connectivity index (χ1v) is 13.4. The molecule has 0 aromatic rings. The Morgan fingerprint density at radius 2 is 1.24 bits per heavy atom. The molecule has 0 radical (unpaired) electrons. The molecule has 0 aliphatic heterocycles. The summed E-state index contributed by atoms with van der Waals surface area (Å²) in [6.45, 7) is 17.0. The van der Waals surface area contributed by atoms with Gasteiger partial charge in [0.2, 0.25) is 0 Å². The van der Waals surface area contributed by atoms with Crippen LogP contribution in [0.15, 0.2) is 23.3 Å². The van der Waals surface area contributed by atoms with Crippen molar-refractivity contribution in [3.63, 3.8) is 0 Å². The summed E-state index contributed by atoms with van der Waals surface area (Å²) in [6.07, 6.45) is 10.3. The summed E-state index contributed by atoms with van der Waals surface area (Å²) in [4.78, 5) is 27.6. The third kappa shape index (κ3) is 2.68. The molecule has 3 saturated carbocycles. The maximum atomic E-state index is 14.1. The van der Waals surface area contributed by atoms with E-state index in [0.29, 0.717) is 0 Å². The van der Waals surface area contributed by atoms with Crippen molar-refractivity contribution in [1.29, 1.82) is 0 Å². The zero-order valence-corrected chi connectivity index (χ0v) is 22.4. The molecule has 0 aromatic carbocycles. The summed E-state index contributed by atoms with van der Waals surface area (Å²) < 4.78 is 0. The molecule has 6 rings (SSSR count). The molecule has 0 amide bonds. The van der Waals surface area contributed by atoms with E-state index in [1.54, 1.807) is 19.9 Å². The molecule has 0 aromatic heterocycles. The van der Waals surface area contributed by atoms with Gasteiger partial charge in [-0.25, -0.2) is 0 Å². The van der Waals surface area contributed by atoms with Crippen molar-refractivity contribution in [2.75, 3.05) is 0 Å². The van der Waals surface area contributed by atoms with Gasteiger partial charge in [0.25, 0.3) is 0 Å². The van der Waals surface area contributed by atoms with E-state index in [4.69, 9.17) is 0 Å². The Kier molecular flexibility index (Phi) is 4.84. The molecule has 0 saturated heterocycles. The fourth-order valence-electron chi connectivity index (χ4n) is 9.06. The lowest BCUT2D eigenvalue weighted by molar-refractivity contribution is -0.181. The number of hydrogen-bond donors (Lipinski definition) is 2. The highest BCUT2D eigenvalue weighted by Gasteiger charge is 2.70. The van der Waals surface area contributed by atoms with Crippen LogP contribution in [0, 0.1) is 45.3 Å². The topological polar surface area (TPSA) is 74.6 Å². The summed E-state index contributed by atoms with van der Waals surface area (Å²) >= 11 is 0. The molecule has 4 heteroatoms. The second-order valence-electron chi connectivity index (χ2n) is 14.4. The van der Waals surface area contributed by atoms with Crippen molar-refractivity contribution in [2.45, 2.75) is 105 Å². The van der Waals surface area contributed by atoms with Gasteiger partial charge in [-0.3, -0.25) is 9.59 Å². The Morgan fingerprint density at radius 1 is 0.735 bits per heavy atom. The Labute approximate surface area is 205 Å². The van der Waals surface area contributed by atoms with Crippen LogP contribution in [0.1, 0.15) is 93.9 Å². The number of allylic oxidation sites excluding steroid dienone is 2. The highest BCUT2D eigenvalue weighted by Crippen LogP contribution is 2.70. The van der Waals surface area contributed by atoms with Crippen LogP contribution in [0.4, 0.5) is 0 Å². The van der Waals surface area contributed by atoms with Gasteiger partial charge in [0.1, 0.15) is 11.2 Å². The standard InChI is InChI=1S/C30H44O4/c1-25(2)11-9-13-27(25,5)17-15-19-23-21(22(17)24(32)29(19,7)33)18(16-20(31)30(23,8)34)28(6)14-10-12-26(28,3)4/h15-16,19,21-23,33-34H,9-14H2,1-8H3/t19-,21-,22+,23+,27+,28+,29+,30-/m0/s1. The van der Waals surface area contributed by atoms with Gasteiger partial charge in [-0.15, -0.1) is 0 Å². The molecule has 2 N–H and O–H groups in total. The number of Topliss-reactive ketones (excluding diaryl/α,β-unsaturated/α-hetero) is 1. The van der Waals surface area contributed by atoms with Gasteiger partial charge in [-0.05, 0) is 67.3 Å². The van der Waals surface area contributed by atoms with Crippen molar-refractivity contribution in [3.8, 4) is 0 Å². The molecule has 34 heavy (non-hydrogen) atoms. The average Bonchev–Trinajstić information content (AvgIpc) is 3.16. The van der Waals surface area contributed by atoms with Gasteiger partial charge >= 0.3 is 0 Å². The lowest BCUT2D eigenvalue weighted by Gasteiger charge is -2.63. The molecular weight excluding hydrogens is 424 g/mol. The minimum Gasteiger partial charge on any atom is -0.382 e. The maximum absolute atomic E-state index is 14.1. The van der Waals surface area contributed by atoms with Crippen LogP contribution in [-0.2, 0) is 9.59 Å². The number of rotatable bonds is 2. The number of carbonyl (C=O) groups excluding carboxylic acids is 2. The molecule has 8 atom stereocenters.